The second-order valence-electron chi connectivity index (χ2n) is 13.1. The van der Waals surface area contributed by atoms with E-state index in [1.54, 1.807) is 0 Å². The maximum absolute atomic E-state index is 6.28. The number of aromatic nitrogens is 3. The molecule has 0 N–H and O–H groups in total. The van der Waals surface area contributed by atoms with E-state index in [1.807, 2.05) is 30.3 Å². The Kier molecular flexibility index (Phi) is 6.91. The zero-order valence-corrected chi connectivity index (χ0v) is 27.8. The van der Waals surface area contributed by atoms with Gasteiger partial charge in [0, 0.05) is 27.5 Å². The van der Waals surface area contributed by atoms with Crippen molar-refractivity contribution in [1.82, 2.24) is 15.0 Å². The number of fused-ring (bicyclic) bond motifs is 5. The second-order valence-corrected chi connectivity index (χ2v) is 13.1. The third-order valence-electron chi connectivity index (χ3n) is 10.1. The van der Waals surface area contributed by atoms with E-state index in [9.17, 15) is 0 Å². The average Bonchev–Trinajstić information content (AvgIpc) is 3.60. The predicted octanol–water partition coefficient (Wildman–Crippen LogP) is 10.1. The summed E-state index contributed by atoms with van der Waals surface area (Å²) < 4.78 is 6.28. The Balaban J connectivity index is 1.16. The molecule has 2 aromatic heterocycles. The predicted molar refractivity (Wildman–Crippen MR) is 207 cm³/mol. The third kappa shape index (κ3) is 5.03. The Bertz CT molecular complexity index is 2900. The van der Waals surface area contributed by atoms with Gasteiger partial charge < -0.3 is 4.42 Å². The van der Waals surface area contributed by atoms with Crippen molar-refractivity contribution in [3.8, 4) is 33.9 Å². The van der Waals surface area contributed by atoms with E-state index < -0.39 is 0 Å². The molecule has 0 fully saturated rings. The first kappa shape index (κ1) is 29.3. The van der Waals surface area contributed by atoms with Crippen molar-refractivity contribution >= 4 is 43.9 Å². The van der Waals surface area contributed by atoms with Crippen LogP contribution in [0.2, 0.25) is 0 Å². The molecule has 0 aliphatic heterocycles. The lowest BCUT2D eigenvalue weighted by Gasteiger charge is -2.18. The summed E-state index contributed by atoms with van der Waals surface area (Å²) in [6.45, 7) is 0. The molecule has 0 atom stereocenters. The van der Waals surface area contributed by atoms with Crippen molar-refractivity contribution in [2.45, 2.75) is 12.8 Å². The molecule has 4 heteroatoms. The normalized spacial score (nSPS) is 12.9. The fourth-order valence-corrected chi connectivity index (χ4v) is 7.70. The van der Waals surface area contributed by atoms with E-state index in [1.165, 1.54) is 38.1 Å². The fourth-order valence-electron chi connectivity index (χ4n) is 7.70. The number of hydrogen-bond donors (Lipinski definition) is 0. The first-order chi connectivity index (χ1) is 25.3. The monoisotopic (exact) mass is 653 g/mol. The van der Waals surface area contributed by atoms with Crippen molar-refractivity contribution in [2.75, 3.05) is 0 Å². The van der Waals surface area contributed by atoms with E-state index in [2.05, 4.69) is 133 Å². The highest BCUT2D eigenvalue weighted by Gasteiger charge is 2.21. The molecule has 0 unspecified atom stereocenters. The number of furan rings is 1. The van der Waals surface area contributed by atoms with E-state index in [-0.39, 0.29) is 0 Å². The van der Waals surface area contributed by atoms with Crippen molar-refractivity contribution in [3.05, 3.63) is 186 Å². The van der Waals surface area contributed by atoms with Crippen LogP contribution in [0.3, 0.4) is 0 Å². The van der Waals surface area contributed by atoms with Crippen LogP contribution in [0.5, 0.6) is 0 Å². The molecule has 1 aliphatic carbocycles. The van der Waals surface area contributed by atoms with Gasteiger partial charge in [-0.05, 0) is 68.4 Å². The Hall–Kier alpha value is -6.65. The summed E-state index contributed by atoms with van der Waals surface area (Å²) in [6, 6.07) is 57.2. The van der Waals surface area contributed by atoms with Gasteiger partial charge in [-0.1, -0.05) is 152 Å². The third-order valence-corrected chi connectivity index (χ3v) is 10.1. The van der Waals surface area contributed by atoms with Crippen LogP contribution in [0.25, 0.3) is 77.8 Å². The van der Waals surface area contributed by atoms with Crippen molar-refractivity contribution in [1.29, 1.82) is 0 Å². The van der Waals surface area contributed by atoms with Crippen molar-refractivity contribution in [3.63, 3.8) is 0 Å². The standard InChI is InChI=1S/C47H31N3O/c1-2-13-32(14-3-1)45-48-46(33-26-24-31(25-27-33)35-20-10-15-30-12-4-5-16-34(30)35)50-47(49-45)40-29-28-38(36-17-6-7-18-37(36)40)39-21-11-23-43-44(39)41-19-8-9-22-42(41)51-43/h1-27H,28-29H2. The van der Waals surface area contributed by atoms with Crippen LogP contribution in [0.4, 0.5) is 0 Å². The molecule has 2 heterocycles. The zero-order valence-electron chi connectivity index (χ0n) is 27.8. The van der Waals surface area contributed by atoms with Crippen LogP contribution in [0.15, 0.2) is 168 Å². The molecule has 51 heavy (non-hydrogen) atoms. The molecule has 0 radical (unpaired) electrons. The van der Waals surface area contributed by atoms with Gasteiger partial charge in [-0.25, -0.2) is 15.0 Å². The Morgan fingerprint density at radius 2 is 0.922 bits per heavy atom. The maximum Gasteiger partial charge on any atom is 0.164 e. The molecule has 0 saturated heterocycles. The van der Waals surface area contributed by atoms with Crippen LogP contribution in [0, 0.1) is 0 Å². The van der Waals surface area contributed by atoms with Gasteiger partial charge in [0.15, 0.2) is 17.5 Å². The summed E-state index contributed by atoms with van der Waals surface area (Å²) in [5.74, 6) is 2.05. The molecule has 4 nitrogen and oxygen atoms in total. The van der Waals surface area contributed by atoms with Crippen LogP contribution < -0.4 is 10.4 Å². The van der Waals surface area contributed by atoms with Gasteiger partial charge in [-0.15, -0.1) is 0 Å². The van der Waals surface area contributed by atoms with Crippen LogP contribution >= 0.6 is 0 Å². The molecule has 1 aliphatic rings. The maximum atomic E-state index is 6.28. The lowest BCUT2D eigenvalue weighted by Crippen LogP contribution is -2.33. The molecule has 0 saturated carbocycles. The minimum absolute atomic E-state index is 0.665. The molecular weight excluding hydrogens is 623 g/mol. The summed E-state index contributed by atoms with van der Waals surface area (Å²) in [6.07, 6.45) is 1.66. The first-order valence-electron chi connectivity index (χ1n) is 17.4. The minimum atomic E-state index is 0.665. The highest BCUT2D eigenvalue weighted by atomic mass is 16.3. The number of benzene rings is 7. The zero-order chi connectivity index (χ0) is 33.7. The summed E-state index contributed by atoms with van der Waals surface area (Å²) in [5, 5.41) is 7.15. The molecule has 240 valence electrons. The van der Waals surface area contributed by atoms with Gasteiger partial charge in [-0.2, -0.15) is 0 Å². The van der Waals surface area contributed by atoms with Crippen LogP contribution in [-0.4, -0.2) is 15.0 Å². The topological polar surface area (TPSA) is 51.8 Å². The van der Waals surface area contributed by atoms with Gasteiger partial charge in [0.2, 0.25) is 0 Å². The Morgan fingerprint density at radius 1 is 0.373 bits per heavy atom. The van der Waals surface area contributed by atoms with E-state index in [0.717, 1.165) is 62.7 Å². The molecule has 0 spiro atoms. The highest BCUT2D eigenvalue weighted by molar-refractivity contribution is 6.10. The number of rotatable bonds is 5. The molecule has 7 aromatic carbocycles. The van der Waals surface area contributed by atoms with Gasteiger partial charge in [0.25, 0.3) is 0 Å². The lowest BCUT2D eigenvalue weighted by atomic mass is 9.87. The highest BCUT2D eigenvalue weighted by Crippen LogP contribution is 2.37. The van der Waals surface area contributed by atoms with Gasteiger partial charge >= 0.3 is 0 Å². The minimum Gasteiger partial charge on any atom is -0.456 e. The molecular formula is C47H31N3O. The number of para-hydroxylation sites is 1. The van der Waals surface area contributed by atoms with Gasteiger partial charge in [-0.3, -0.25) is 0 Å². The molecule has 9 aromatic rings. The molecule has 0 bridgehead atoms. The molecule has 0 amide bonds. The van der Waals surface area contributed by atoms with Crippen LogP contribution in [-0.2, 0) is 0 Å². The summed E-state index contributed by atoms with van der Waals surface area (Å²) in [7, 11) is 0. The fraction of sp³-hybridized carbons (Fsp3) is 0.0426. The number of nitrogens with zero attached hydrogens (tertiary/aromatic N) is 3. The average molecular weight is 654 g/mol. The van der Waals surface area contributed by atoms with Gasteiger partial charge in [0.05, 0.1) is 0 Å². The first-order valence-corrected chi connectivity index (χ1v) is 17.4. The van der Waals surface area contributed by atoms with E-state index in [4.69, 9.17) is 19.4 Å². The summed E-state index contributed by atoms with van der Waals surface area (Å²) in [5.41, 5.74) is 9.77. The van der Waals surface area contributed by atoms with E-state index in [0.29, 0.717) is 11.6 Å². The Morgan fingerprint density at radius 3 is 1.75 bits per heavy atom. The van der Waals surface area contributed by atoms with Gasteiger partial charge in [0.1, 0.15) is 11.2 Å². The quantitative estimate of drug-likeness (QED) is 0.186. The van der Waals surface area contributed by atoms with Crippen LogP contribution in [0.1, 0.15) is 24.2 Å². The molecule has 10 rings (SSSR count). The SMILES string of the molecule is c1ccc(-c2nc(C3=c4ccccc4=C(c4cccc5oc6ccccc6c45)CC3)nc(-c3ccc(-c4cccc5ccccc45)cc3)n2)cc1. The van der Waals surface area contributed by atoms with Crippen molar-refractivity contribution < 1.29 is 4.42 Å². The summed E-state index contributed by atoms with van der Waals surface area (Å²) >= 11 is 0. The Labute approximate surface area is 294 Å². The summed E-state index contributed by atoms with van der Waals surface area (Å²) in [4.78, 5) is 15.4. The van der Waals surface area contributed by atoms with Crippen molar-refractivity contribution in [2.24, 2.45) is 0 Å². The lowest BCUT2D eigenvalue weighted by molar-refractivity contribution is 0.669. The number of hydrogen-bond acceptors (Lipinski definition) is 4. The largest absolute Gasteiger partial charge is 0.456 e. The smallest absolute Gasteiger partial charge is 0.164 e. The van der Waals surface area contributed by atoms with E-state index >= 15 is 0 Å². The second kappa shape index (κ2) is 12.0.